The maximum atomic E-state index is 9.17. The lowest BCUT2D eigenvalue weighted by Crippen LogP contribution is -2.26. The van der Waals surface area contributed by atoms with Gasteiger partial charge in [-0.05, 0) is 18.6 Å². The molecular formula is C14H17BrN2O2. The summed E-state index contributed by atoms with van der Waals surface area (Å²) in [6.45, 7) is 4.03. The molecule has 0 aliphatic heterocycles. The first-order valence-electron chi connectivity index (χ1n) is 6.18. The summed E-state index contributed by atoms with van der Waals surface area (Å²) >= 11 is 3.54. The molecule has 0 atom stereocenters. The number of hydrogen-bond acceptors (Lipinski definition) is 4. The average Bonchev–Trinajstić information content (AvgIpc) is 2.78. The van der Waals surface area contributed by atoms with E-state index in [0.717, 1.165) is 22.5 Å². The van der Waals surface area contributed by atoms with Crippen LogP contribution in [0.4, 0.5) is 0 Å². The van der Waals surface area contributed by atoms with E-state index in [0.29, 0.717) is 13.1 Å². The lowest BCUT2D eigenvalue weighted by molar-refractivity contribution is 0.180. The first-order valence-corrected chi connectivity index (χ1v) is 6.97. The van der Waals surface area contributed by atoms with E-state index in [4.69, 9.17) is 9.63 Å². The molecule has 4 nitrogen and oxygen atoms in total. The van der Waals surface area contributed by atoms with Crippen LogP contribution in [0.25, 0.3) is 0 Å². The van der Waals surface area contributed by atoms with Gasteiger partial charge in [0, 0.05) is 30.2 Å². The number of aliphatic hydroxyl groups is 1. The van der Waals surface area contributed by atoms with Crippen molar-refractivity contribution in [3.05, 3.63) is 51.8 Å². The van der Waals surface area contributed by atoms with Crippen LogP contribution in [-0.4, -0.2) is 28.3 Å². The van der Waals surface area contributed by atoms with Crippen LogP contribution in [0, 0.1) is 6.92 Å². The second-order valence-electron chi connectivity index (χ2n) is 4.45. The van der Waals surface area contributed by atoms with Crippen LogP contribution in [0.3, 0.4) is 0 Å². The van der Waals surface area contributed by atoms with Crippen LogP contribution in [-0.2, 0) is 13.1 Å². The maximum absolute atomic E-state index is 9.17. The fraction of sp³-hybridized carbons (Fsp3) is 0.357. The summed E-state index contributed by atoms with van der Waals surface area (Å²) in [5, 5.41) is 13.2. The predicted octanol–water partition coefficient (Wildman–Crippen LogP) is 2.74. The van der Waals surface area contributed by atoms with Gasteiger partial charge in [-0.25, -0.2) is 0 Å². The number of aryl methyl sites for hydroxylation is 1. The van der Waals surface area contributed by atoms with Crippen molar-refractivity contribution in [2.24, 2.45) is 0 Å². The zero-order valence-corrected chi connectivity index (χ0v) is 12.4. The lowest BCUT2D eigenvalue weighted by Gasteiger charge is -2.20. The Morgan fingerprint density at radius 2 is 2.11 bits per heavy atom. The molecule has 0 radical (unpaired) electrons. The van der Waals surface area contributed by atoms with E-state index in [2.05, 4.69) is 32.1 Å². The summed E-state index contributed by atoms with van der Waals surface area (Å²) < 4.78 is 6.15. The Labute approximate surface area is 121 Å². The maximum Gasteiger partial charge on any atom is 0.133 e. The van der Waals surface area contributed by atoms with Gasteiger partial charge in [0.1, 0.15) is 5.76 Å². The molecule has 0 spiro atoms. The van der Waals surface area contributed by atoms with E-state index in [1.165, 1.54) is 5.56 Å². The fourth-order valence-corrected chi connectivity index (χ4v) is 2.35. The van der Waals surface area contributed by atoms with Crippen molar-refractivity contribution in [2.75, 3.05) is 13.2 Å². The lowest BCUT2D eigenvalue weighted by atomic mass is 10.2. The summed E-state index contributed by atoms with van der Waals surface area (Å²) in [6, 6.07) is 10.0. The molecule has 0 saturated heterocycles. The third kappa shape index (κ3) is 4.16. The van der Waals surface area contributed by atoms with Crippen molar-refractivity contribution in [3.8, 4) is 0 Å². The first kappa shape index (κ1) is 14.2. The quantitative estimate of drug-likeness (QED) is 0.887. The molecule has 2 rings (SSSR count). The minimum Gasteiger partial charge on any atom is -0.395 e. The van der Waals surface area contributed by atoms with Gasteiger partial charge in [-0.15, -0.1) is 0 Å². The van der Waals surface area contributed by atoms with Crippen LogP contribution in [0.1, 0.15) is 17.0 Å². The third-order valence-corrected chi connectivity index (χ3v) is 3.60. The number of aromatic nitrogens is 1. The highest BCUT2D eigenvalue weighted by Gasteiger charge is 2.11. The molecule has 1 aromatic heterocycles. The van der Waals surface area contributed by atoms with E-state index >= 15 is 0 Å². The largest absolute Gasteiger partial charge is 0.395 e. The fourth-order valence-electron chi connectivity index (χ4n) is 1.94. The molecular weight excluding hydrogens is 308 g/mol. The highest BCUT2D eigenvalue weighted by molar-refractivity contribution is 9.10. The Morgan fingerprint density at radius 1 is 1.32 bits per heavy atom. The predicted molar refractivity (Wildman–Crippen MR) is 76.6 cm³/mol. The Balaban J connectivity index is 2.06. The van der Waals surface area contributed by atoms with E-state index in [1.807, 2.05) is 31.2 Å². The van der Waals surface area contributed by atoms with Gasteiger partial charge in [0.15, 0.2) is 0 Å². The van der Waals surface area contributed by atoms with E-state index in [-0.39, 0.29) is 6.61 Å². The number of rotatable bonds is 6. The molecule has 1 heterocycles. The van der Waals surface area contributed by atoms with Gasteiger partial charge in [-0.1, -0.05) is 39.3 Å². The van der Waals surface area contributed by atoms with Crippen LogP contribution < -0.4 is 0 Å². The highest BCUT2D eigenvalue weighted by Crippen LogP contribution is 2.18. The SMILES string of the molecule is Cc1cc(CN(CCO)Cc2ccccc2Br)no1. The molecule has 2 aromatic rings. The van der Waals surface area contributed by atoms with Gasteiger partial charge >= 0.3 is 0 Å². The second-order valence-corrected chi connectivity index (χ2v) is 5.31. The molecule has 102 valence electrons. The molecule has 0 saturated carbocycles. The molecule has 0 bridgehead atoms. The normalized spacial score (nSPS) is 11.2. The smallest absolute Gasteiger partial charge is 0.133 e. The van der Waals surface area contributed by atoms with Crippen LogP contribution >= 0.6 is 15.9 Å². The topological polar surface area (TPSA) is 49.5 Å². The monoisotopic (exact) mass is 324 g/mol. The number of aliphatic hydroxyl groups excluding tert-OH is 1. The van der Waals surface area contributed by atoms with Crippen molar-refractivity contribution in [1.82, 2.24) is 10.1 Å². The van der Waals surface area contributed by atoms with E-state index < -0.39 is 0 Å². The molecule has 0 unspecified atom stereocenters. The number of benzene rings is 1. The molecule has 0 aliphatic carbocycles. The molecule has 19 heavy (non-hydrogen) atoms. The van der Waals surface area contributed by atoms with Crippen molar-refractivity contribution in [2.45, 2.75) is 20.0 Å². The summed E-state index contributed by atoms with van der Waals surface area (Å²) in [4.78, 5) is 2.14. The Morgan fingerprint density at radius 3 is 2.74 bits per heavy atom. The van der Waals surface area contributed by atoms with E-state index in [1.54, 1.807) is 0 Å². The van der Waals surface area contributed by atoms with Crippen LogP contribution in [0.5, 0.6) is 0 Å². The zero-order chi connectivity index (χ0) is 13.7. The second kappa shape index (κ2) is 6.84. The summed E-state index contributed by atoms with van der Waals surface area (Å²) in [7, 11) is 0. The van der Waals surface area contributed by atoms with Gasteiger partial charge in [0.25, 0.3) is 0 Å². The molecule has 1 aromatic carbocycles. The molecule has 5 heteroatoms. The van der Waals surface area contributed by atoms with Gasteiger partial charge in [-0.2, -0.15) is 0 Å². The Hall–Kier alpha value is -1.17. The highest BCUT2D eigenvalue weighted by atomic mass is 79.9. The van der Waals surface area contributed by atoms with E-state index in [9.17, 15) is 0 Å². The summed E-state index contributed by atoms with van der Waals surface area (Å²) in [5.41, 5.74) is 2.08. The Kier molecular flexibility index (Phi) is 5.13. The summed E-state index contributed by atoms with van der Waals surface area (Å²) in [5.74, 6) is 0.805. The third-order valence-electron chi connectivity index (χ3n) is 2.83. The minimum atomic E-state index is 0.126. The minimum absolute atomic E-state index is 0.126. The van der Waals surface area contributed by atoms with Gasteiger partial charge in [0.2, 0.25) is 0 Å². The molecule has 0 aliphatic rings. The first-order chi connectivity index (χ1) is 9.19. The average molecular weight is 325 g/mol. The number of nitrogens with zero attached hydrogens (tertiary/aromatic N) is 2. The van der Waals surface area contributed by atoms with Crippen molar-refractivity contribution < 1.29 is 9.63 Å². The van der Waals surface area contributed by atoms with Crippen molar-refractivity contribution >= 4 is 15.9 Å². The van der Waals surface area contributed by atoms with Crippen LogP contribution in [0.15, 0.2) is 39.3 Å². The van der Waals surface area contributed by atoms with Gasteiger partial charge in [0.05, 0.1) is 12.3 Å². The molecule has 0 fully saturated rings. The molecule has 1 N–H and O–H groups in total. The summed E-state index contributed by atoms with van der Waals surface area (Å²) in [6.07, 6.45) is 0. The molecule has 0 amide bonds. The zero-order valence-electron chi connectivity index (χ0n) is 10.8. The number of hydrogen-bond donors (Lipinski definition) is 1. The standard InChI is InChI=1S/C14H17BrN2O2/c1-11-8-13(16-19-11)10-17(6-7-18)9-12-4-2-3-5-14(12)15/h2-5,8,18H,6-7,9-10H2,1H3. The number of halogens is 1. The van der Waals surface area contributed by atoms with Crippen molar-refractivity contribution in [3.63, 3.8) is 0 Å². The van der Waals surface area contributed by atoms with Gasteiger partial charge in [-0.3, -0.25) is 4.90 Å². The van der Waals surface area contributed by atoms with Crippen molar-refractivity contribution in [1.29, 1.82) is 0 Å². The van der Waals surface area contributed by atoms with Crippen LogP contribution in [0.2, 0.25) is 0 Å². The Bertz CT molecular complexity index is 528. The van der Waals surface area contributed by atoms with Gasteiger partial charge < -0.3 is 9.63 Å².